The van der Waals surface area contributed by atoms with E-state index in [1.807, 2.05) is 29.8 Å². The zero-order valence-corrected chi connectivity index (χ0v) is 18.3. The lowest BCUT2D eigenvalue weighted by atomic mass is 10.2. The van der Waals surface area contributed by atoms with Gasteiger partial charge in [0, 0.05) is 51.2 Å². The van der Waals surface area contributed by atoms with Crippen LogP contribution in [0.1, 0.15) is 5.56 Å². The van der Waals surface area contributed by atoms with E-state index in [0.717, 1.165) is 31.0 Å². The topological polar surface area (TPSA) is 85.2 Å². The van der Waals surface area contributed by atoms with E-state index in [1.165, 1.54) is 17.3 Å². The molecule has 31 heavy (non-hydrogen) atoms. The number of ether oxygens (including phenoxy) is 1. The average Bonchev–Trinajstić information content (AvgIpc) is 3.18. The highest BCUT2D eigenvalue weighted by molar-refractivity contribution is 7.99. The molecule has 1 fully saturated rings. The fraction of sp³-hybridized carbons (Fsp3) is 0.364. The predicted molar refractivity (Wildman–Crippen MR) is 119 cm³/mol. The number of thioether (sulfide) groups is 1. The number of aromatic nitrogens is 4. The molecular weight excluding hydrogens is 412 g/mol. The second kappa shape index (κ2) is 10.5. The SMILES string of the molecule is Cn1c(SCC(=O)NCC2CN(Cc3ccccc3)CCO2)nnc1-c1ccncc1. The minimum absolute atomic E-state index is 0.000432. The van der Waals surface area contributed by atoms with Crippen LogP contribution in [0.3, 0.4) is 0 Å². The van der Waals surface area contributed by atoms with Crippen LogP contribution < -0.4 is 5.32 Å². The van der Waals surface area contributed by atoms with E-state index >= 15 is 0 Å². The van der Waals surface area contributed by atoms with Gasteiger partial charge in [0.25, 0.3) is 0 Å². The van der Waals surface area contributed by atoms with Gasteiger partial charge in [-0.1, -0.05) is 42.1 Å². The standard InChI is InChI=1S/C22H26N6O2S/c1-27-21(18-7-9-23-10-8-18)25-26-22(27)31-16-20(29)24-13-19-15-28(11-12-30-19)14-17-5-3-2-4-6-17/h2-10,19H,11-16H2,1H3,(H,24,29). The van der Waals surface area contributed by atoms with Crippen LogP contribution in [0, 0.1) is 0 Å². The average molecular weight is 439 g/mol. The van der Waals surface area contributed by atoms with Crippen LogP contribution in [0.25, 0.3) is 11.4 Å². The minimum Gasteiger partial charge on any atom is -0.374 e. The molecule has 1 saturated heterocycles. The number of carbonyl (C=O) groups is 1. The molecule has 2 aromatic heterocycles. The lowest BCUT2D eigenvalue weighted by Gasteiger charge is -2.33. The Bertz CT molecular complexity index is 982. The van der Waals surface area contributed by atoms with Crippen molar-refractivity contribution in [1.82, 2.24) is 30.0 Å². The number of rotatable bonds is 8. The number of nitrogens with one attached hydrogen (secondary N) is 1. The van der Waals surface area contributed by atoms with Crippen LogP contribution in [0.4, 0.5) is 0 Å². The van der Waals surface area contributed by atoms with Crippen molar-refractivity contribution in [3.63, 3.8) is 0 Å². The molecule has 9 heteroatoms. The summed E-state index contributed by atoms with van der Waals surface area (Å²) >= 11 is 1.37. The van der Waals surface area contributed by atoms with Crippen LogP contribution in [-0.4, -0.2) is 68.7 Å². The molecule has 8 nitrogen and oxygen atoms in total. The van der Waals surface area contributed by atoms with E-state index in [4.69, 9.17) is 4.74 Å². The van der Waals surface area contributed by atoms with Gasteiger partial charge >= 0.3 is 0 Å². The summed E-state index contributed by atoms with van der Waals surface area (Å²) in [6.45, 7) is 3.79. The van der Waals surface area contributed by atoms with Gasteiger partial charge in [-0.3, -0.25) is 14.7 Å². The molecule has 1 aromatic carbocycles. The van der Waals surface area contributed by atoms with Gasteiger partial charge in [-0.05, 0) is 17.7 Å². The van der Waals surface area contributed by atoms with E-state index in [9.17, 15) is 4.79 Å². The second-order valence-electron chi connectivity index (χ2n) is 7.41. The summed E-state index contributed by atoms with van der Waals surface area (Å²) in [5.74, 6) is 0.990. The number of hydrogen-bond acceptors (Lipinski definition) is 7. The Morgan fingerprint density at radius 1 is 1.19 bits per heavy atom. The van der Waals surface area contributed by atoms with Crippen LogP contribution in [-0.2, 0) is 23.1 Å². The summed E-state index contributed by atoms with van der Waals surface area (Å²) in [4.78, 5) is 18.7. The Morgan fingerprint density at radius 2 is 2.00 bits per heavy atom. The van der Waals surface area contributed by atoms with Crippen molar-refractivity contribution in [3.8, 4) is 11.4 Å². The van der Waals surface area contributed by atoms with Gasteiger partial charge < -0.3 is 14.6 Å². The van der Waals surface area contributed by atoms with Crippen molar-refractivity contribution >= 4 is 17.7 Å². The number of hydrogen-bond donors (Lipinski definition) is 1. The quantitative estimate of drug-likeness (QED) is 0.538. The Hall–Kier alpha value is -2.75. The highest BCUT2D eigenvalue weighted by Gasteiger charge is 2.21. The van der Waals surface area contributed by atoms with Gasteiger partial charge in [0.2, 0.25) is 5.91 Å². The molecule has 1 aliphatic heterocycles. The maximum Gasteiger partial charge on any atom is 0.230 e. The molecule has 0 spiro atoms. The first kappa shape index (κ1) is 21.5. The third kappa shape index (κ3) is 5.90. The van der Waals surface area contributed by atoms with Crippen molar-refractivity contribution in [2.75, 3.05) is 32.0 Å². The van der Waals surface area contributed by atoms with Crippen molar-refractivity contribution in [2.24, 2.45) is 7.05 Å². The highest BCUT2D eigenvalue weighted by atomic mass is 32.2. The smallest absolute Gasteiger partial charge is 0.230 e. The van der Waals surface area contributed by atoms with Crippen LogP contribution in [0.2, 0.25) is 0 Å². The number of morpholine rings is 1. The maximum absolute atomic E-state index is 12.4. The molecule has 1 N–H and O–H groups in total. The van der Waals surface area contributed by atoms with Crippen molar-refractivity contribution in [1.29, 1.82) is 0 Å². The lowest BCUT2D eigenvalue weighted by molar-refractivity contribution is -0.119. The van der Waals surface area contributed by atoms with E-state index in [-0.39, 0.29) is 17.8 Å². The van der Waals surface area contributed by atoms with Gasteiger partial charge in [0.05, 0.1) is 18.5 Å². The molecule has 0 bridgehead atoms. The van der Waals surface area contributed by atoms with E-state index in [1.54, 1.807) is 12.4 Å². The summed E-state index contributed by atoms with van der Waals surface area (Å²) in [5.41, 5.74) is 2.23. The predicted octanol–water partition coefficient (Wildman–Crippen LogP) is 1.99. The van der Waals surface area contributed by atoms with Crippen molar-refractivity contribution in [3.05, 3.63) is 60.4 Å². The summed E-state index contributed by atoms with van der Waals surface area (Å²) in [5, 5.41) is 12.1. The highest BCUT2D eigenvalue weighted by Crippen LogP contribution is 2.21. The van der Waals surface area contributed by atoms with Gasteiger partial charge in [-0.15, -0.1) is 10.2 Å². The molecule has 0 radical (unpaired) electrons. The first-order valence-corrected chi connectivity index (χ1v) is 11.2. The number of nitrogens with zero attached hydrogens (tertiary/aromatic N) is 5. The van der Waals surface area contributed by atoms with Crippen molar-refractivity contribution in [2.45, 2.75) is 17.8 Å². The minimum atomic E-state index is -0.0396. The molecule has 1 unspecified atom stereocenters. The first-order chi connectivity index (χ1) is 15.2. The largest absolute Gasteiger partial charge is 0.374 e. The summed E-state index contributed by atoms with van der Waals surface area (Å²) in [7, 11) is 1.90. The second-order valence-corrected chi connectivity index (χ2v) is 8.35. The van der Waals surface area contributed by atoms with Crippen molar-refractivity contribution < 1.29 is 9.53 Å². The number of pyridine rings is 1. The molecule has 3 aromatic rings. The Morgan fingerprint density at radius 3 is 2.81 bits per heavy atom. The molecule has 3 heterocycles. The zero-order valence-electron chi connectivity index (χ0n) is 17.5. The number of benzene rings is 1. The van der Waals surface area contributed by atoms with Gasteiger partial charge in [0.1, 0.15) is 0 Å². The van der Waals surface area contributed by atoms with E-state index < -0.39 is 0 Å². The molecule has 0 saturated carbocycles. The van der Waals surface area contributed by atoms with E-state index in [0.29, 0.717) is 18.3 Å². The molecule has 0 aliphatic carbocycles. The Labute approximate surface area is 186 Å². The molecule has 1 atom stereocenters. The summed E-state index contributed by atoms with van der Waals surface area (Å²) < 4.78 is 7.72. The molecule has 1 amide bonds. The van der Waals surface area contributed by atoms with Gasteiger partial charge in [-0.2, -0.15) is 0 Å². The molecule has 4 rings (SSSR count). The van der Waals surface area contributed by atoms with E-state index in [2.05, 4.69) is 49.7 Å². The summed E-state index contributed by atoms with van der Waals surface area (Å²) in [6, 6.07) is 14.2. The fourth-order valence-electron chi connectivity index (χ4n) is 3.49. The van der Waals surface area contributed by atoms with Gasteiger partial charge in [0.15, 0.2) is 11.0 Å². The molecule has 1 aliphatic rings. The maximum atomic E-state index is 12.4. The third-order valence-electron chi connectivity index (χ3n) is 5.10. The Kier molecular flexibility index (Phi) is 7.29. The first-order valence-electron chi connectivity index (χ1n) is 10.3. The number of amides is 1. The third-order valence-corrected chi connectivity index (χ3v) is 6.12. The fourth-order valence-corrected chi connectivity index (χ4v) is 4.23. The monoisotopic (exact) mass is 438 g/mol. The molecule has 162 valence electrons. The normalized spacial score (nSPS) is 16.9. The van der Waals surface area contributed by atoms with Gasteiger partial charge in [-0.25, -0.2) is 0 Å². The molecular formula is C22H26N6O2S. The summed E-state index contributed by atoms with van der Waals surface area (Å²) in [6.07, 6.45) is 3.44. The van der Waals surface area contributed by atoms with Crippen LogP contribution in [0.5, 0.6) is 0 Å². The Balaban J connectivity index is 1.22. The van der Waals surface area contributed by atoms with Crippen LogP contribution in [0.15, 0.2) is 60.0 Å². The zero-order chi connectivity index (χ0) is 21.5. The number of carbonyl (C=O) groups excluding carboxylic acids is 1. The van der Waals surface area contributed by atoms with Crippen LogP contribution >= 0.6 is 11.8 Å². The lowest BCUT2D eigenvalue weighted by Crippen LogP contribution is -2.47.